The highest BCUT2D eigenvalue weighted by atomic mass is 79.9. The average Bonchev–Trinajstić information content (AvgIpc) is 2.25. The lowest BCUT2D eigenvalue weighted by molar-refractivity contribution is 0.406. The molecule has 0 aliphatic heterocycles. The van der Waals surface area contributed by atoms with Gasteiger partial charge in [0.2, 0.25) is 0 Å². The fourth-order valence-corrected chi connectivity index (χ4v) is 1.20. The molecule has 0 aliphatic rings. The number of rotatable bonds is 2. The second-order valence-corrected chi connectivity index (χ2v) is 4.30. The molecular weight excluding hydrogens is 328 g/mol. The van der Waals surface area contributed by atoms with Gasteiger partial charge in [0.1, 0.15) is 0 Å². The molecule has 2 aromatic rings. The van der Waals surface area contributed by atoms with E-state index in [1.54, 1.807) is 24.8 Å². The zero-order valence-corrected chi connectivity index (χ0v) is 10.4. The first-order chi connectivity index (χ1) is 7.24. The number of hydrogen-bond acceptors (Lipinski definition) is 5. The Morgan fingerprint density at radius 2 is 1.07 bits per heavy atom. The molecule has 5 nitrogen and oxygen atoms in total. The summed E-state index contributed by atoms with van der Waals surface area (Å²) in [5.41, 5.74) is 0. The van der Waals surface area contributed by atoms with Crippen molar-refractivity contribution >= 4 is 31.9 Å². The molecular formula is C8H4Br2N4O. The molecule has 2 rings (SSSR count). The predicted octanol–water partition coefficient (Wildman–Crippen LogP) is 2.58. The van der Waals surface area contributed by atoms with E-state index >= 15 is 0 Å². The molecule has 7 heteroatoms. The summed E-state index contributed by atoms with van der Waals surface area (Å²) in [6, 6.07) is 0.418. The van der Waals surface area contributed by atoms with E-state index in [1.165, 1.54) is 0 Å². The van der Waals surface area contributed by atoms with Gasteiger partial charge in [-0.3, -0.25) is 0 Å². The molecule has 0 radical (unpaired) electrons. The summed E-state index contributed by atoms with van der Waals surface area (Å²) >= 11 is 6.44. The smallest absolute Gasteiger partial charge is 0.324 e. The first-order valence-corrected chi connectivity index (χ1v) is 5.45. The number of ether oxygens (including phenoxy) is 1. The fraction of sp³-hybridized carbons (Fsp3) is 0. The Kier molecular flexibility index (Phi) is 3.22. The van der Waals surface area contributed by atoms with Gasteiger partial charge in [-0.05, 0) is 31.9 Å². The Bertz CT molecular complexity index is 402. The van der Waals surface area contributed by atoms with Crippen LogP contribution in [0.15, 0.2) is 33.7 Å². The second-order valence-electron chi connectivity index (χ2n) is 2.47. The summed E-state index contributed by atoms with van der Waals surface area (Å²) in [4.78, 5) is 15.7. The van der Waals surface area contributed by atoms with Crippen LogP contribution in [0, 0.1) is 0 Å². The van der Waals surface area contributed by atoms with Crippen LogP contribution in [0.3, 0.4) is 0 Å². The summed E-state index contributed by atoms with van der Waals surface area (Å²) in [7, 11) is 0. The Balaban J connectivity index is 2.15. The molecule has 0 amide bonds. The Hall–Kier alpha value is -1.08. The maximum absolute atomic E-state index is 5.20. The minimum absolute atomic E-state index is 0.209. The van der Waals surface area contributed by atoms with Crippen molar-refractivity contribution in [3.8, 4) is 12.0 Å². The molecule has 0 spiro atoms. The van der Waals surface area contributed by atoms with E-state index in [1.807, 2.05) is 0 Å². The molecule has 76 valence electrons. The van der Waals surface area contributed by atoms with Gasteiger partial charge >= 0.3 is 12.0 Å². The Labute approximate surface area is 102 Å². The summed E-state index contributed by atoms with van der Waals surface area (Å²) in [5.74, 6) is 0. The average molecular weight is 332 g/mol. The predicted molar refractivity (Wildman–Crippen MR) is 59.5 cm³/mol. The van der Waals surface area contributed by atoms with Crippen molar-refractivity contribution in [2.75, 3.05) is 0 Å². The number of aromatic nitrogens is 4. The van der Waals surface area contributed by atoms with E-state index in [9.17, 15) is 0 Å². The minimum Gasteiger partial charge on any atom is -0.388 e. The van der Waals surface area contributed by atoms with Crippen molar-refractivity contribution in [2.45, 2.75) is 0 Å². The van der Waals surface area contributed by atoms with Crippen LogP contribution in [0.2, 0.25) is 0 Å². The lowest BCUT2D eigenvalue weighted by atomic mass is 10.7. The molecule has 2 heterocycles. The maximum atomic E-state index is 5.20. The number of nitrogens with zero attached hydrogens (tertiary/aromatic N) is 4. The fourth-order valence-electron chi connectivity index (χ4n) is 0.788. The molecule has 0 N–H and O–H groups in total. The van der Waals surface area contributed by atoms with Crippen LogP contribution in [0.4, 0.5) is 0 Å². The number of halogens is 2. The Morgan fingerprint density at radius 3 is 1.40 bits per heavy atom. The van der Waals surface area contributed by atoms with Gasteiger partial charge < -0.3 is 4.74 Å². The van der Waals surface area contributed by atoms with Crippen LogP contribution in [0.5, 0.6) is 12.0 Å². The highest BCUT2D eigenvalue weighted by Crippen LogP contribution is 2.14. The van der Waals surface area contributed by atoms with E-state index in [2.05, 4.69) is 51.8 Å². The van der Waals surface area contributed by atoms with Crippen LogP contribution >= 0.6 is 31.9 Å². The van der Waals surface area contributed by atoms with Gasteiger partial charge in [0.05, 0.1) is 8.95 Å². The van der Waals surface area contributed by atoms with Crippen molar-refractivity contribution in [1.29, 1.82) is 0 Å². The van der Waals surface area contributed by atoms with Gasteiger partial charge in [0, 0.05) is 24.8 Å². The minimum atomic E-state index is 0.209. The summed E-state index contributed by atoms with van der Waals surface area (Å²) in [6.45, 7) is 0. The summed E-state index contributed by atoms with van der Waals surface area (Å²) in [6.07, 6.45) is 6.34. The van der Waals surface area contributed by atoms with Gasteiger partial charge in [-0.1, -0.05) is 0 Å². The largest absolute Gasteiger partial charge is 0.388 e. The van der Waals surface area contributed by atoms with Crippen molar-refractivity contribution in [1.82, 2.24) is 19.9 Å². The van der Waals surface area contributed by atoms with Gasteiger partial charge in [-0.2, -0.15) is 0 Å². The van der Waals surface area contributed by atoms with E-state index in [4.69, 9.17) is 4.74 Å². The first kappa shape index (κ1) is 10.4. The molecule has 0 bridgehead atoms. The monoisotopic (exact) mass is 330 g/mol. The third kappa shape index (κ3) is 2.93. The Morgan fingerprint density at radius 1 is 0.733 bits per heavy atom. The highest BCUT2D eigenvalue weighted by molar-refractivity contribution is 9.10. The van der Waals surface area contributed by atoms with E-state index < -0.39 is 0 Å². The molecule has 0 aromatic carbocycles. The van der Waals surface area contributed by atoms with Crippen LogP contribution in [0.25, 0.3) is 0 Å². The molecule has 2 aromatic heterocycles. The first-order valence-electron chi connectivity index (χ1n) is 3.87. The molecule has 0 aliphatic carbocycles. The van der Waals surface area contributed by atoms with E-state index in [-0.39, 0.29) is 12.0 Å². The van der Waals surface area contributed by atoms with Gasteiger partial charge in [-0.15, -0.1) is 0 Å². The van der Waals surface area contributed by atoms with Gasteiger partial charge in [0.25, 0.3) is 0 Å². The number of hydrogen-bond donors (Lipinski definition) is 0. The second kappa shape index (κ2) is 4.63. The zero-order valence-electron chi connectivity index (χ0n) is 7.26. The molecule has 0 saturated carbocycles. The molecule has 0 atom stereocenters. The summed E-state index contributed by atoms with van der Waals surface area (Å²) in [5, 5.41) is 0. The molecule has 15 heavy (non-hydrogen) atoms. The van der Waals surface area contributed by atoms with Crippen LogP contribution < -0.4 is 4.74 Å². The van der Waals surface area contributed by atoms with Crippen LogP contribution in [-0.2, 0) is 0 Å². The third-order valence-corrected chi connectivity index (χ3v) is 2.19. The molecule has 0 unspecified atom stereocenters. The molecule has 0 saturated heterocycles. The SMILES string of the molecule is Brc1cnc(Oc2ncc(Br)cn2)nc1. The maximum Gasteiger partial charge on any atom is 0.324 e. The van der Waals surface area contributed by atoms with Gasteiger partial charge in [0.15, 0.2) is 0 Å². The highest BCUT2D eigenvalue weighted by Gasteiger charge is 2.02. The molecule has 0 fully saturated rings. The van der Waals surface area contributed by atoms with Gasteiger partial charge in [-0.25, -0.2) is 19.9 Å². The standard InChI is InChI=1S/C8H4Br2N4O/c9-5-1-11-7(12-2-5)15-8-13-3-6(10)4-14-8/h1-4H. The van der Waals surface area contributed by atoms with Crippen molar-refractivity contribution in [3.05, 3.63) is 33.7 Å². The lowest BCUT2D eigenvalue weighted by Crippen LogP contribution is -1.94. The van der Waals surface area contributed by atoms with E-state index in [0.717, 1.165) is 8.95 Å². The quantitative estimate of drug-likeness (QED) is 0.846. The topological polar surface area (TPSA) is 60.8 Å². The van der Waals surface area contributed by atoms with Crippen molar-refractivity contribution in [3.63, 3.8) is 0 Å². The lowest BCUT2D eigenvalue weighted by Gasteiger charge is -2.00. The normalized spacial score (nSPS) is 10.0. The van der Waals surface area contributed by atoms with Crippen LogP contribution in [-0.4, -0.2) is 19.9 Å². The van der Waals surface area contributed by atoms with Crippen LogP contribution in [0.1, 0.15) is 0 Å². The third-order valence-electron chi connectivity index (χ3n) is 1.38. The van der Waals surface area contributed by atoms with E-state index in [0.29, 0.717) is 0 Å². The summed E-state index contributed by atoms with van der Waals surface area (Å²) < 4.78 is 6.77. The zero-order chi connectivity index (χ0) is 10.7. The van der Waals surface area contributed by atoms with Crippen molar-refractivity contribution in [2.24, 2.45) is 0 Å². The van der Waals surface area contributed by atoms with Crippen molar-refractivity contribution < 1.29 is 4.74 Å².